The van der Waals surface area contributed by atoms with E-state index in [9.17, 15) is 14.5 Å². The standard InChI is InChI=1S/C19H19FN4O3/c20-16-4-2-15(3-5-16)19(23-7-9-27-10-8-23)13-22-17-6-1-14(12-21)11-18(17)24(25)26/h1-6,11,19,22H,7-10,13H2. The molecule has 0 aromatic heterocycles. The van der Waals surface area contributed by atoms with E-state index in [0.29, 0.717) is 25.4 Å². The average Bonchev–Trinajstić information content (AvgIpc) is 2.70. The Kier molecular flexibility index (Phi) is 5.96. The number of hydrogen-bond acceptors (Lipinski definition) is 6. The average molecular weight is 370 g/mol. The number of anilines is 1. The molecular formula is C19H19FN4O3. The summed E-state index contributed by atoms with van der Waals surface area (Å²) in [6.07, 6.45) is 0. The predicted octanol–water partition coefficient (Wildman–Crippen LogP) is 3.09. The van der Waals surface area contributed by atoms with Crippen molar-refractivity contribution in [3.05, 3.63) is 69.5 Å². The number of nitrogens with zero attached hydrogens (tertiary/aromatic N) is 3. The third-order valence-electron chi connectivity index (χ3n) is 4.55. The normalized spacial score (nSPS) is 15.7. The molecule has 2 aromatic rings. The molecule has 1 fully saturated rings. The van der Waals surface area contributed by atoms with E-state index >= 15 is 0 Å². The van der Waals surface area contributed by atoms with Crippen molar-refractivity contribution in [3.63, 3.8) is 0 Å². The van der Waals surface area contributed by atoms with Crippen molar-refractivity contribution >= 4 is 11.4 Å². The monoisotopic (exact) mass is 370 g/mol. The van der Waals surface area contributed by atoms with Gasteiger partial charge in [-0.05, 0) is 29.8 Å². The summed E-state index contributed by atoms with van der Waals surface area (Å²) in [5.74, 6) is -0.310. The Balaban J connectivity index is 1.83. The van der Waals surface area contributed by atoms with Crippen molar-refractivity contribution in [3.8, 4) is 6.07 Å². The van der Waals surface area contributed by atoms with Crippen LogP contribution in [0.3, 0.4) is 0 Å². The highest BCUT2D eigenvalue weighted by molar-refractivity contribution is 5.64. The first-order valence-corrected chi connectivity index (χ1v) is 8.58. The summed E-state index contributed by atoms with van der Waals surface area (Å²) in [6, 6.07) is 12.4. The summed E-state index contributed by atoms with van der Waals surface area (Å²) in [7, 11) is 0. The molecule has 1 saturated heterocycles. The minimum absolute atomic E-state index is 0.0928. The van der Waals surface area contributed by atoms with E-state index in [2.05, 4.69) is 10.2 Å². The Bertz CT molecular complexity index is 845. The zero-order valence-corrected chi connectivity index (χ0v) is 14.6. The fraction of sp³-hybridized carbons (Fsp3) is 0.316. The van der Waals surface area contributed by atoms with Gasteiger partial charge in [0.15, 0.2) is 0 Å². The minimum atomic E-state index is -0.509. The molecular weight excluding hydrogens is 351 g/mol. The van der Waals surface area contributed by atoms with Crippen LogP contribution in [0.25, 0.3) is 0 Å². The topological polar surface area (TPSA) is 91.4 Å². The Morgan fingerprint density at radius 1 is 1.26 bits per heavy atom. The smallest absolute Gasteiger partial charge is 0.293 e. The fourth-order valence-corrected chi connectivity index (χ4v) is 3.14. The molecule has 1 atom stereocenters. The maximum absolute atomic E-state index is 13.3. The predicted molar refractivity (Wildman–Crippen MR) is 97.8 cm³/mol. The van der Waals surface area contributed by atoms with Crippen LogP contribution in [0.4, 0.5) is 15.8 Å². The van der Waals surface area contributed by atoms with Crippen LogP contribution >= 0.6 is 0 Å². The number of nitro benzene ring substituents is 1. The van der Waals surface area contributed by atoms with Crippen molar-refractivity contribution in [1.29, 1.82) is 5.26 Å². The van der Waals surface area contributed by atoms with Gasteiger partial charge in [0.1, 0.15) is 11.5 Å². The van der Waals surface area contributed by atoms with E-state index < -0.39 is 4.92 Å². The largest absolute Gasteiger partial charge is 0.379 e. The number of hydrogen-bond donors (Lipinski definition) is 1. The molecule has 1 heterocycles. The van der Waals surface area contributed by atoms with E-state index in [1.165, 1.54) is 30.3 Å². The zero-order chi connectivity index (χ0) is 19.2. The number of benzene rings is 2. The molecule has 0 amide bonds. The number of rotatable bonds is 6. The second-order valence-electron chi connectivity index (χ2n) is 6.20. The van der Waals surface area contributed by atoms with Gasteiger partial charge in [-0.25, -0.2) is 4.39 Å². The third-order valence-corrected chi connectivity index (χ3v) is 4.55. The molecule has 27 heavy (non-hydrogen) atoms. The molecule has 8 heteroatoms. The van der Waals surface area contributed by atoms with E-state index in [4.69, 9.17) is 10.00 Å². The maximum atomic E-state index is 13.3. The zero-order valence-electron chi connectivity index (χ0n) is 14.6. The fourth-order valence-electron chi connectivity index (χ4n) is 3.14. The molecule has 0 bridgehead atoms. The molecule has 0 spiro atoms. The van der Waals surface area contributed by atoms with E-state index in [0.717, 1.165) is 18.7 Å². The summed E-state index contributed by atoms with van der Waals surface area (Å²) in [5, 5.41) is 23.4. The molecule has 2 aromatic carbocycles. The van der Waals surface area contributed by atoms with Gasteiger partial charge >= 0.3 is 0 Å². The summed E-state index contributed by atoms with van der Waals surface area (Å²) in [5.41, 5.74) is 1.35. The Morgan fingerprint density at radius 2 is 1.96 bits per heavy atom. The highest BCUT2D eigenvalue weighted by Crippen LogP contribution is 2.28. The van der Waals surface area contributed by atoms with Gasteiger partial charge in [-0.15, -0.1) is 0 Å². The van der Waals surface area contributed by atoms with Gasteiger partial charge in [0.2, 0.25) is 0 Å². The van der Waals surface area contributed by atoms with E-state index in [1.54, 1.807) is 12.1 Å². The lowest BCUT2D eigenvalue weighted by molar-refractivity contribution is -0.384. The van der Waals surface area contributed by atoms with Crippen molar-refractivity contribution in [2.75, 3.05) is 38.2 Å². The Hall–Kier alpha value is -3.02. The van der Waals surface area contributed by atoms with Crippen molar-refractivity contribution in [2.24, 2.45) is 0 Å². The molecule has 140 valence electrons. The van der Waals surface area contributed by atoms with Crippen molar-refractivity contribution < 1.29 is 14.1 Å². The van der Waals surface area contributed by atoms with Gasteiger partial charge < -0.3 is 10.1 Å². The van der Waals surface area contributed by atoms with Crippen LogP contribution < -0.4 is 5.32 Å². The number of morpholine rings is 1. The molecule has 3 rings (SSSR count). The molecule has 7 nitrogen and oxygen atoms in total. The Labute approximate surface area is 156 Å². The first-order chi connectivity index (χ1) is 13.1. The van der Waals surface area contributed by atoms with Crippen molar-refractivity contribution in [2.45, 2.75) is 6.04 Å². The van der Waals surface area contributed by atoms with Crippen LogP contribution in [0.15, 0.2) is 42.5 Å². The van der Waals surface area contributed by atoms with Crippen LogP contribution in [0.5, 0.6) is 0 Å². The SMILES string of the molecule is N#Cc1ccc(NCC(c2ccc(F)cc2)N2CCOCC2)c([N+](=O)[O-])c1. The molecule has 0 aliphatic carbocycles. The number of nitriles is 1. The van der Waals surface area contributed by atoms with Gasteiger partial charge in [0.25, 0.3) is 5.69 Å². The molecule has 0 radical (unpaired) electrons. The lowest BCUT2D eigenvalue weighted by Gasteiger charge is -2.35. The van der Waals surface area contributed by atoms with Gasteiger partial charge in [-0.3, -0.25) is 15.0 Å². The second-order valence-corrected chi connectivity index (χ2v) is 6.20. The molecule has 1 aliphatic heterocycles. The third kappa shape index (κ3) is 4.58. The van der Waals surface area contributed by atoms with Crippen LogP contribution in [-0.2, 0) is 4.74 Å². The quantitative estimate of drug-likeness (QED) is 0.621. The highest BCUT2D eigenvalue weighted by atomic mass is 19.1. The van der Waals surface area contributed by atoms with Gasteiger partial charge in [0, 0.05) is 25.7 Å². The lowest BCUT2D eigenvalue weighted by Crippen LogP contribution is -2.41. The van der Waals surface area contributed by atoms with Crippen LogP contribution in [0.1, 0.15) is 17.2 Å². The number of nitro groups is 1. The highest BCUT2D eigenvalue weighted by Gasteiger charge is 2.24. The first kappa shape index (κ1) is 18.8. The second kappa shape index (κ2) is 8.58. The lowest BCUT2D eigenvalue weighted by atomic mass is 10.0. The minimum Gasteiger partial charge on any atom is -0.379 e. The van der Waals surface area contributed by atoms with Gasteiger partial charge in [0.05, 0.1) is 35.8 Å². The molecule has 1 aliphatic rings. The van der Waals surface area contributed by atoms with Gasteiger partial charge in [-0.1, -0.05) is 12.1 Å². The summed E-state index contributed by atoms with van der Waals surface area (Å²) in [4.78, 5) is 13.0. The maximum Gasteiger partial charge on any atom is 0.293 e. The van der Waals surface area contributed by atoms with Crippen molar-refractivity contribution in [1.82, 2.24) is 4.90 Å². The molecule has 0 saturated carbocycles. The Morgan fingerprint density at radius 3 is 2.59 bits per heavy atom. The van der Waals surface area contributed by atoms with Crippen LogP contribution in [0, 0.1) is 27.3 Å². The molecule has 1 unspecified atom stereocenters. The summed E-state index contributed by atoms with van der Waals surface area (Å²) in [6.45, 7) is 3.06. The number of ether oxygens (including phenoxy) is 1. The van der Waals surface area contributed by atoms with Gasteiger partial charge in [-0.2, -0.15) is 5.26 Å². The van der Waals surface area contributed by atoms with Crippen LogP contribution in [0.2, 0.25) is 0 Å². The number of nitrogens with one attached hydrogen (secondary N) is 1. The van der Waals surface area contributed by atoms with E-state index in [-0.39, 0.29) is 23.1 Å². The first-order valence-electron chi connectivity index (χ1n) is 8.58. The van der Waals surface area contributed by atoms with E-state index in [1.807, 2.05) is 6.07 Å². The summed E-state index contributed by atoms with van der Waals surface area (Å²) < 4.78 is 18.7. The summed E-state index contributed by atoms with van der Waals surface area (Å²) >= 11 is 0. The number of halogens is 1. The molecule has 1 N–H and O–H groups in total. The van der Waals surface area contributed by atoms with Crippen LogP contribution in [-0.4, -0.2) is 42.7 Å².